The summed E-state index contributed by atoms with van der Waals surface area (Å²) in [6.45, 7) is 0.479. The molecular formula is C21H16F2N2O3. The lowest BCUT2D eigenvalue weighted by Crippen LogP contribution is -2.24. The van der Waals surface area contributed by atoms with Crippen LogP contribution in [0.5, 0.6) is 0 Å². The standard InChI is InChI=1S/C21H16F2N2O3/c22-15-5-2-1-4-14(15)18-9-10-19(28-18)21(27)24-13-7-8-17(16(23)12-13)25-11-3-6-20(25)26/h1-2,4-5,7-10,12H,3,6,11H2,(H,24,27). The van der Waals surface area contributed by atoms with Gasteiger partial charge in [-0.25, -0.2) is 8.78 Å². The van der Waals surface area contributed by atoms with Crippen molar-refractivity contribution in [3.63, 3.8) is 0 Å². The molecule has 1 aliphatic rings. The van der Waals surface area contributed by atoms with E-state index in [0.29, 0.717) is 19.4 Å². The summed E-state index contributed by atoms with van der Waals surface area (Å²) in [5, 5.41) is 2.54. The molecule has 0 atom stereocenters. The molecule has 2 heterocycles. The van der Waals surface area contributed by atoms with Crippen molar-refractivity contribution in [2.24, 2.45) is 0 Å². The van der Waals surface area contributed by atoms with Crippen molar-refractivity contribution >= 4 is 23.2 Å². The molecule has 2 amide bonds. The molecule has 1 N–H and O–H groups in total. The van der Waals surface area contributed by atoms with Crippen LogP contribution in [-0.4, -0.2) is 18.4 Å². The maximum Gasteiger partial charge on any atom is 0.291 e. The molecule has 3 aromatic rings. The van der Waals surface area contributed by atoms with Crippen molar-refractivity contribution in [2.45, 2.75) is 12.8 Å². The van der Waals surface area contributed by atoms with Crippen molar-refractivity contribution in [3.8, 4) is 11.3 Å². The molecule has 0 aliphatic carbocycles. The predicted molar refractivity (Wildman–Crippen MR) is 100 cm³/mol. The van der Waals surface area contributed by atoms with E-state index in [4.69, 9.17) is 4.42 Å². The molecule has 1 saturated heterocycles. The maximum absolute atomic E-state index is 14.4. The monoisotopic (exact) mass is 382 g/mol. The molecule has 0 unspecified atom stereocenters. The maximum atomic E-state index is 14.4. The molecule has 0 bridgehead atoms. The van der Waals surface area contributed by atoms with Gasteiger partial charge in [-0.2, -0.15) is 0 Å². The average Bonchev–Trinajstić information content (AvgIpc) is 3.32. The molecule has 28 heavy (non-hydrogen) atoms. The molecule has 7 heteroatoms. The molecule has 0 spiro atoms. The van der Waals surface area contributed by atoms with Crippen LogP contribution in [0.25, 0.3) is 11.3 Å². The second-order valence-electron chi connectivity index (χ2n) is 6.41. The summed E-state index contributed by atoms with van der Waals surface area (Å²) < 4.78 is 33.7. The lowest BCUT2D eigenvalue weighted by molar-refractivity contribution is -0.117. The Labute approximate surface area is 159 Å². The number of carbonyl (C=O) groups is 2. The molecule has 2 aromatic carbocycles. The number of halogens is 2. The first-order valence-electron chi connectivity index (χ1n) is 8.79. The number of carbonyl (C=O) groups excluding carboxylic acids is 2. The van der Waals surface area contributed by atoms with Gasteiger partial charge in [0.2, 0.25) is 5.91 Å². The Morgan fingerprint density at radius 1 is 1.04 bits per heavy atom. The number of hydrogen-bond donors (Lipinski definition) is 1. The highest BCUT2D eigenvalue weighted by atomic mass is 19.1. The third kappa shape index (κ3) is 3.38. The number of nitrogens with zero attached hydrogens (tertiary/aromatic N) is 1. The number of benzene rings is 2. The van der Waals surface area contributed by atoms with E-state index in [1.165, 1.54) is 35.2 Å². The van der Waals surface area contributed by atoms with Crippen LogP contribution in [0.4, 0.5) is 20.2 Å². The Balaban J connectivity index is 1.51. The molecule has 5 nitrogen and oxygen atoms in total. The Morgan fingerprint density at radius 3 is 2.57 bits per heavy atom. The lowest BCUT2D eigenvalue weighted by atomic mass is 10.1. The fraction of sp³-hybridized carbons (Fsp3) is 0.143. The van der Waals surface area contributed by atoms with Gasteiger partial charge in [0, 0.05) is 18.7 Å². The second kappa shape index (κ2) is 7.26. The molecule has 1 aromatic heterocycles. The van der Waals surface area contributed by atoms with E-state index in [1.807, 2.05) is 0 Å². The molecule has 142 valence electrons. The number of furan rings is 1. The van der Waals surface area contributed by atoms with Crippen LogP contribution < -0.4 is 10.2 Å². The summed E-state index contributed by atoms with van der Waals surface area (Å²) in [5.41, 5.74) is 0.661. The van der Waals surface area contributed by atoms with Crippen LogP contribution >= 0.6 is 0 Å². The van der Waals surface area contributed by atoms with Crippen LogP contribution in [0, 0.1) is 11.6 Å². The zero-order valence-electron chi connectivity index (χ0n) is 14.7. The highest BCUT2D eigenvalue weighted by Crippen LogP contribution is 2.28. The topological polar surface area (TPSA) is 62.6 Å². The summed E-state index contributed by atoms with van der Waals surface area (Å²) in [4.78, 5) is 25.5. The summed E-state index contributed by atoms with van der Waals surface area (Å²) in [5.74, 6) is -1.58. The zero-order chi connectivity index (χ0) is 19.7. The quantitative estimate of drug-likeness (QED) is 0.717. The Hall–Kier alpha value is -3.48. The molecule has 4 rings (SSSR count). The fourth-order valence-electron chi connectivity index (χ4n) is 3.16. The number of amides is 2. The van der Waals surface area contributed by atoms with Gasteiger partial charge in [-0.1, -0.05) is 12.1 Å². The minimum atomic E-state index is -0.598. The number of rotatable bonds is 4. The van der Waals surface area contributed by atoms with E-state index < -0.39 is 17.5 Å². The zero-order valence-corrected chi connectivity index (χ0v) is 14.7. The highest BCUT2D eigenvalue weighted by Gasteiger charge is 2.24. The van der Waals surface area contributed by atoms with Crippen LogP contribution in [0.15, 0.2) is 59.0 Å². The second-order valence-corrected chi connectivity index (χ2v) is 6.41. The molecular weight excluding hydrogens is 366 g/mol. The van der Waals surface area contributed by atoms with Crippen molar-refractivity contribution < 1.29 is 22.8 Å². The Bertz CT molecular complexity index is 1060. The minimum absolute atomic E-state index is 0.0301. The van der Waals surface area contributed by atoms with Gasteiger partial charge in [0.25, 0.3) is 5.91 Å². The number of hydrogen-bond acceptors (Lipinski definition) is 3. The van der Waals surface area contributed by atoms with E-state index in [-0.39, 0.29) is 34.4 Å². The SMILES string of the molecule is O=C(Nc1ccc(N2CCCC2=O)c(F)c1)c1ccc(-c2ccccc2F)o1. The van der Waals surface area contributed by atoms with E-state index in [9.17, 15) is 18.4 Å². The van der Waals surface area contributed by atoms with E-state index in [2.05, 4.69) is 5.32 Å². The molecule has 0 radical (unpaired) electrons. The van der Waals surface area contributed by atoms with E-state index in [1.54, 1.807) is 18.2 Å². The number of nitrogens with one attached hydrogen (secondary N) is 1. The van der Waals surface area contributed by atoms with Crippen LogP contribution in [0.2, 0.25) is 0 Å². The van der Waals surface area contributed by atoms with E-state index >= 15 is 0 Å². The van der Waals surface area contributed by atoms with Gasteiger partial charge < -0.3 is 14.6 Å². The van der Waals surface area contributed by atoms with Crippen molar-refractivity contribution in [1.82, 2.24) is 0 Å². The normalized spacial score (nSPS) is 13.8. The molecule has 1 fully saturated rings. The van der Waals surface area contributed by atoms with Crippen molar-refractivity contribution in [2.75, 3.05) is 16.8 Å². The lowest BCUT2D eigenvalue weighted by Gasteiger charge is -2.17. The van der Waals surface area contributed by atoms with Crippen LogP contribution in [0.1, 0.15) is 23.4 Å². The third-order valence-corrected chi connectivity index (χ3v) is 4.54. The van der Waals surface area contributed by atoms with Crippen molar-refractivity contribution in [1.29, 1.82) is 0 Å². The first kappa shape index (κ1) is 17.9. The smallest absolute Gasteiger partial charge is 0.291 e. The highest BCUT2D eigenvalue weighted by molar-refractivity contribution is 6.03. The van der Waals surface area contributed by atoms with Crippen molar-refractivity contribution in [3.05, 3.63) is 72.0 Å². The van der Waals surface area contributed by atoms with Gasteiger partial charge in [0.1, 0.15) is 17.4 Å². The first-order valence-corrected chi connectivity index (χ1v) is 8.79. The van der Waals surface area contributed by atoms with Gasteiger partial charge in [-0.05, 0) is 48.9 Å². The predicted octanol–water partition coefficient (Wildman–Crippen LogP) is 4.60. The fourth-order valence-corrected chi connectivity index (χ4v) is 3.16. The average molecular weight is 382 g/mol. The van der Waals surface area contributed by atoms with Gasteiger partial charge >= 0.3 is 0 Å². The summed E-state index contributed by atoms with van der Waals surface area (Å²) in [6, 6.07) is 13.1. The summed E-state index contributed by atoms with van der Waals surface area (Å²) >= 11 is 0. The third-order valence-electron chi connectivity index (χ3n) is 4.54. The van der Waals surface area contributed by atoms with Gasteiger partial charge in [-0.15, -0.1) is 0 Å². The molecule has 0 saturated carbocycles. The minimum Gasteiger partial charge on any atom is -0.451 e. The molecule has 1 aliphatic heterocycles. The van der Waals surface area contributed by atoms with Gasteiger partial charge in [0.15, 0.2) is 5.76 Å². The van der Waals surface area contributed by atoms with Crippen LogP contribution in [0.3, 0.4) is 0 Å². The Kier molecular flexibility index (Phi) is 4.65. The van der Waals surface area contributed by atoms with E-state index in [0.717, 1.165) is 6.07 Å². The first-order chi connectivity index (χ1) is 13.5. The van der Waals surface area contributed by atoms with Gasteiger partial charge in [-0.3, -0.25) is 9.59 Å². The summed E-state index contributed by atoms with van der Waals surface area (Å²) in [7, 11) is 0. The van der Waals surface area contributed by atoms with Crippen LogP contribution in [-0.2, 0) is 4.79 Å². The number of anilines is 2. The Morgan fingerprint density at radius 2 is 1.86 bits per heavy atom. The van der Waals surface area contributed by atoms with Gasteiger partial charge in [0.05, 0.1) is 11.3 Å². The largest absolute Gasteiger partial charge is 0.451 e. The summed E-state index contributed by atoms with van der Waals surface area (Å²) in [6.07, 6.45) is 1.10.